The van der Waals surface area contributed by atoms with Gasteiger partial charge < -0.3 is 10.4 Å². The Morgan fingerprint density at radius 1 is 1.00 bits per heavy atom. The summed E-state index contributed by atoms with van der Waals surface area (Å²) >= 11 is 1.61. The summed E-state index contributed by atoms with van der Waals surface area (Å²) in [6, 6.07) is 15.8. The minimum absolute atomic E-state index is 0.194. The summed E-state index contributed by atoms with van der Waals surface area (Å²) in [5.41, 5.74) is 4.18. The lowest BCUT2D eigenvalue weighted by Crippen LogP contribution is -1.98. The number of benzene rings is 2. The molecule has 0 aliphatic carbocycles. The van der Waals surface area contributed by atoms with E-state index in [2.05, 4.69) is 58.8 Å². The van der Waals surface area contributed by atoms with Gasteiger partial charge in [0.15, 0.2) is 0 Å². The smallest absolute Gasteiger partial charge is 0.143 e. The van der Waals surface area contributed by atoms with Crippen molar-refractivity contribution < 1.29 is 5.11 Å². The monoisotopic (exact) mass is 375 g/mol. The molecule has 5 heteroatoms. The zero-order chi connectivity index (χ0) is 19.0. The third-order valence-electron chi connectivity index (χ3n) is 4.59. The van der Waals surface area contributed by atoms with Crippen LogP contribution in [-0.4, -0.2) is 15.1 Å². The van der Waals surface area contributed by atoms with Gasteiger partial charge in [-0.2, -0.15) is 0 Å². The summed E-state index contributed by atoms with van der Waals surface area (Å²) < 4.78 is 0. The Morgan fingerprint density at radius 3 is 2.44 bits per heavy atom. The van der Waals surface area contributed by atoms with E-state index in [1.165, 1.54) is 5.56 Å². The normalized spacial score (nSPS) is 11.3. The molecule has 2 N–H and O–H groups in total. The molecule has 2 aromatic heterocycles. The van der Waals surface area contributed by atoms with E-state index in [1.807, 2.05) is 19.1 Å². The van der Waals surface area contributed by atoms with E-state index < -0.39 is 0 Å². The highest BCUT2D eigenvalue weighted by molar-refractivity contribution is 7.17. The fourth-order valence-electron chi connectivity index (χ4n) is 3.11. The number of fused-ring (bicyclic) bond motifs is 1. The van der Waals surface area contributed by atoms with Gasteiger partial charge in [0, 0.05) is 10.9 Å². The van der Waals surface area contributed by atoms with Gasteiger partial charge in [-0.25, -0.2) is 9.97 Å². The van der Waals surface area contributed by atoms with Crippen molar-refractivity contribution in [1.29, 1.82) is 0 Å². The maximum Gasteiger partial charge on any atom is 0.143 e. The fourth-order valence-corrected chi connectivity index (χ4v) is 4.10. The third-order valence-corrected chi connectivity index (χ3v) is 5.46. The Balaban J connectivity index is 1.84. The number of phenols is 1. The molecule has 27 heavy (non-hydrogen) atoms. The predicted molar refractivity (Wildman–Crippen MR) is 113 cm³/mol. The molecule has 4 rings (SSSR count). The van der Waals surface area contributed by atoms with Crippen LogP contribution < -0.4 is 5.32 Å². The third kappa shape index (κ3) is 3.38. The number of aromatic hydroxyl groups is 1. The van der Waals surface area contributed by atoms with Gasteiger partial charge in [-0.3, -0.25) is 0 Å². The molecule has 2 heterocycles. The number of nitrogens with one attached hydrogen (secondary N) is 1. The number of rotatable bonds is 4. The summed E-state index contributed by atoms with van der Waals surface area (Å²) in [6.45, 7) is 6.27. The maximum atomic E-state index is 10.1. The lowest BCUT2D eigenvalue weighted by atomic mass is 9.99. The van der Waals surface area contributed by atoms with Crippen molar-refractivity contribution in [3.05, 3.63) is 65.3 Å². The van der Waals surface area contributed by atoms with Crippen molar-refractivity contribution in [2.24, 2.45) is 0 Å². The molecule has 4 aromatic rings. The second-order valence-corrected chi connectivity index (χ2v) is 7.73. The Bertz CT molecular complexity index is 1100. The Labute approximate surface area is 162 Å². The number of aromatic nitrogens is 2. The Hall–Kier alpha value is -2.92. The van der Waals surface area contributed by atoms with E-state index in [0.717, 1.165) is 21.3 Å². The van der Waals surface area contributed by atoms with Gasteiger partial charge in [0.25, 0.3) is 0 Å². The topological polar surface area (TPSA) is 58.0 Å². The number of aryl methyl sites for hydroxylation is 1. The number of para-hydroxylation sites is 2. The molecule has 0 aliphatic heterocycles. The van der Waals surface area contributed by atoms with Gasteiger partial charge in [-0.15, -0.1) is 11.3 Å². The second-order valence-electron chi connectivity index (χ2n) is 6.87. The van der Waals surface area contributed by atoms with Crippen LogP contribution in [0.1, 0.15) is 31.2 Å². The standard InChI is InChI=1S/C22H21N3OS/c1-13(2)15-8-10-16(11-9-15)17-12-27-22-20(17)21(23-14(3)24-22)25-18-6-4-5-7-19(18)26/h4-13,26H,1-3H3,(H,23,24,25). The summed E-state index contributed by atoms with van der Waals surface area (Å²) in [4.78, 5) is 10.1. The van der Waals surface area contributed by atoms with Crippen LogP contribution in [0.2, 0.25) is 0 Å². The van der Waals surface area contributed by atoms with Crippen LogP contribution in [0.25, 0.3) is 21.3 Å². The SMILES string of the molecule is Cc1nc(Nc2ccccc2O)c2c(-c3ccc(C(C)C)cc3)csc2n1. The van der Waals surface area contributed by atoms with Crippen molar-refractivity contribution in [2.45, 2.75) is 26.7 Å². The van der Waals surface area contributed by atoms with Gasteiger partial charge in [-0.1, -0.05) is 50.2 Å². The van der Waals surface area contributed by atoms with Crippen LogP contribution in [-0.2, 0) is 0 Å². The molecule has 0 spiro atoms. The highest BCUT2D eigenvalue weighted by Gasteiger charge is 2.15. The average Bonchev–Trinajstić information content (AvgIpc) is 3.07. The number of hydrogen-bond acceptors (Lipinski definition) is 5. The quantitative estimate of drug-likeness (QED) is 0.415. The van der Waals surface area contributed by atoms with Crippen LogP contribution in [0, 0.1) is 6.92 Å². The molecular weight excluding hydrogens is 354 g/mol. The van der Waals surface area contributed by atoms with Crippen LogP contribution in [0.3, 0.4) is 0 Å². The lowest BCUT2D eigenvalue weighted by Gasteiger charge is -2.11. The molecule has 0 atom stereocenters. The molecule has 0 saturated carbocycles. The first kappa shape index (κ1) is 17.5. The van der Waals surface area contributed by atoms with E-state index in [-0.39, 0.29) is 5.75 Å². The van der Waals surface area contributed by atoms with Crippen LogP contribution in [0.15, 0.2) is 53.9 Å². The van der Waals surface area contributed by atoms with Gasteiger partial charge >= 0.3 is 0 Å². The van der Waals surface area contributed by atoms with Crippen LogP contribution in [0.5, 0.6) is 5.75 Å². The number of thiophene rings is 1. The number of nitrogens with zero attached hydrogens (tertiary/aromatic N) is 2. The van der Waals surface area contributed by atoms with Crippen molar-refractivity contribution in [3.8, 4) is 16.9 Å². The van der Waals surface area contributed by atoms with Gasteiger partial charge in [0.2, 0.25) is 0 Å². The van der Waals surface area contributed by atoms with Gasteiger partial charge in [0.05, 0.1) is 11.1 Å². The first-order chi connectivity index (χ1) is 13.0. The zero-order valence-electron chi connectivity index (χ0n) is 15.5. The van der Waals surface area contributed by atoms with E-state index in [9.17, 15) is 5.11 Å². The molecule has 0 aliphatic rings. The van der Waals surface area contributed by atoms with Crippen molar-refractivity contribution in [3.63, 3.8) is 0 Å². The van der Waals surface area contributed by atoms with Crippen LogP contribution in [0.4, 0.5) is 11.5 Å². The first-order valence-corrected chi connectivity index (χ1v) is 9.82. The zero-order valence-corrected chi connectivity index (χ0v) is 16.3. The van der Waals surface area contributed by atoms with Gasteiger partial charge in [-0.05, 0) is 36.1 Å². The summed E-state index contributed by atoms with van der Waals surface area (Å²) in [5.74, 6) is 2.11. The molecule has 0 amide bonds. The van der Waals surface area contributed by atoms with E-state index in [0.29, 0.717) is 23.2 Å². The number of hydrogen-bond donors (Lipinski definition) is 2. The van der Waals surface area contributed by atoms with Crippen molar-refractivity contribution in [1.82, 2.24) is 9.97 Å². The Kier molecular flexibility index (Phi) is 4.54. The minimum Gasteiger partial charge on any atom is -0.506 e. The molecule has 0 saturated heterocycles. The average molecular weight is 375 g/mol. The van der Waals surface area contributed by atoms with Gasteiger partial charge in [0.1, 0.15) is 22.2 Å². The number of phenolic OH excluding ortho intramolecular Hbond substituents is 1. The van der Waals surface area contributed by atoms with Crippen LogP contribution >= 0.6 is 11.3 Å². The fraction of sp³-hybridized carbons (Fsp3) is 0.182. The minimum atomic E-state index is 0.194. The van der Waals surface area contributed by atoms with E-state index >= 15 is 0 Å². The highest BCUT2D eigenvalue weighted by atomic mass is 32.1. The second kappa shape index (κ2) is 7.00. The van der Waals surface area contributed by atoms with E-state index in [4.69, 9.17) is 0 Å². The summed E-state index contributed by atoms with van der Waals surface area (Å²) in [6.07, 6.45) is 0. The summed E-state index contributed by atoms with van der Waals surface area (Å²) in [7, 11) is 0. The molecule has 136 valence electrons. The molecule has 0 fully saturated rings. The molecule has 4 nitrogen and oxygen atoms in total. The predicted octanol–water partition coefficient (Wildman–Crippen LogP) is 6.24. The largest absolute Gasteiger partial charge is 0.506 e. The first-order valence-electron chi connectivity index (χ1n) is 8.94. The van der Waals surface area contributed by atoms with Crippen molar-refractivity contribution >= 4 is 33.1 Å². The van der Waals surface area contributed by atoms with E-state index in [1.54, 1.807) is 23.5 Å². The molecule has 0 radical (unpaired) electrons. The maximum absolute atomic E-state index is 10.1. The highest BCUT2D eigenvalue weighted by Crippen LogP contribution is 2.39. The molecule has 0 unspecified atom stereocenters. The summed E-state index contributed by atoms with van der Waals surface area (Å²) in [5, 5.41) is 16.5. The lowest BCUT2D eigenvalue weighted by molar-refractivity contribution is 0.477. The molecular formula is C22H21N3OS. The number of anilines is 2. The molecule has 0 bridgehead atoms. The van der Waals surface area contributed by atoms with Crippen molar-refractivity contribution in [2.75, 3.05) is 5.32 Å². The Morgan fingerprint density at radius 2 is 1.74 bits per heavy atom. The molecule has 2 aromatic carbocycles.